The predicted octanol–water partition coefficient (Wildman–Crippen LogP) is 3.96. The Morgan fingerprint density at radius 1 is 0.923 bits per heavy atom. The van der Waals surface area contributed by atoms with Gasteiger partial charge in [0.2, 0.25) is 0 Å². The summed E-state index contributed by atoms with van der Waals surface area (Å²) in [5.74, 6) is -0.991. The summed E-state index contributed by atoms with van der Waals surface area (Å²) in [5, 5.41) is 29.9. The zero-order valence-electron chi connectivity index (χ0n) is 17.7. The highest BCUT2D eigenvalue weighted by atomic mass is 16.4. The van der Waals surface area contributed by atoms with E-state index in [-0.39, 0.29) is 6.42 Å². The zero-order chi connectivity index (χ0) is 20.1. The molecular formula is C21H44NO4+. The summed E-state index contributed by atoms with van der Waals surface area (Å²) >= 11 is 0. The van der Waals surface area contributed by atoms with Crippen molar-refractivity contribution >= 4 is 5.97 Å². The van der Waals surface area contributed by atoms with Crippen molar-refractivity contribution in [2.45, 2.75) is 102 Å². The van der Waals surface area contributed by atoms with Crippen molar-refractivity contribution in [2.75, 3.05) is 27.7 Å². The SMILES string of the molecule is CCCCCCCCCCCC(O)CCC(O)(CC(=O)O)C[N+](C)(C)C. The van der Waals surface area contributed by atoms with E-state index in [2.05, 4.69) is 6.92 Å². The third-order valence-electron chi connectivity index (χ3n) is 4.83. The second-order valence-corrected chi connectivity index (χ2v) is 9.05. The molecule has 0 aliphatic rings. The monoisotopic (exact) mass is 374 g/mol. The highest BCUT2D eigenvalue weighted by Gasteiger charge is 2.36. The zero-order valence-corrected chi connectivity index (χ0v) is 17.7. The maximum absolute atomic E-state index is 11.1. The second-order valence-electron chi connectivity index (χ2n) is 9.05. The van der Waals surface area contributed by atoms with Gasteiger partial charge in [-0.25, -0.2) is 0 Å². The largest absolute Gasteiger partial charge is 0.481 e. The fourth-order valence-electron chi connectivity index (χ4n) is 3.66. The van der Waals surface area contributed by atoms with Gasteiger partial charge in [-0.2, -0.15) is 0 Å². The number of aliphatic carboxylic acids is 1. The standard InChI is InChI=1S/C21H43NO4/c1-5-6-7-8-9-10-11-12-13-14-19(23)15-16-21(26,17-20(24)25)18-22(2,3)4/h19,23,26H,5-18H2,1-4H3/p+1. The number of aliphatic hydroxyl groups is 2. The molecule has 0 radical (unpaired) electrons. The molecule has 0 aliphatic carbocycles. The van der Waals surface area contributed by atoms with Gasteiger partial charge in [-0.15, -0.1) is 0 Å². The number of nitrogens with zero attached hydrogens (tertiary/aromatic N) is 1. The molecule has 26 heavy (non-hydrogen) atoms. The van der Waals surface area contributed by atoms with E-state index in [0.717, 1.165) is 19.3 Å². The Morgan fingerprint density at radius 2 is 1.42 bits per heavy atom. The van der Waals surface area contributed by atoms with Crippen molar-refractivity contribution in [3.8, 4) is 0 Å². The van der Waals surface area contributed by atoms with Crippen LogP contribution in [0.3, 0.4) is 0 Å². The molecule has 0 rings (SSSR count). The summed E-state index contributed by atoms with van der Waals surface area (Å²) < 4.78 is 0.498. The molecule has 0 aromatic carbocycles. The average molecular weight is 375 g/mol. The Morgan fingerprint density at radius 3 is 1.88 bits per heavy atom. The summed E-state index contributed by atoms with van der Waals surface area (Å²) in [6.07, 6.45) is 12.1. The Kier molecular flexibility index (Phi) is 13.2. The van der Waals surface area contributed by atoms with Gasteiger partial charge in [0.05, 0.1) is 33.7 Å². The van der Waals surface area contributed by atoms with Crippen molar-refractivity contribution in [2.24, 2.45) is 0 Å². The van der Waals surface area contributed by atoms with Crippen LogP contribution in [0.25, 0.3) is 0 Å². The lowest BCUT2D eigenvalue weighted by Crippen LogP contribution is -2.50. The average Bonchev–Trinajstić information content (AvgIpc) is 2.49. The van der Waals surface area contributed by atoms with Crippen LogP contribution in [0.1, 0.15) is 90.4 Å². The molecule has 0 saturated heterocycles. The molecule has 2 unspecified atom stereocenters. The summed E-state index contributed by atoms with van der Waals surface area (Å²) in [4.78, 5) is 11.1. The molecule has 5 heteroatoms. The minimum absolute atomic E-state index is 0.271. The van der Waals surface area contributed by atoms with Crippen LogP contribution >= 0.6 is 0 Å². The highest BCUT2D eigenvalue weighted by molar-refractivity contribution is 5.68. The van der Waals surface area contributed by atoms with Crippen LogP contribution in [0, 0.1) is 0 Å². The second kappa shape index (κ2) is 13.5. The lowest BCUT2D eigenvalue weighted by molar-refractivity contribution is -0.877. The maximum Gasteiger partial charge on any atom is 0.306 e. The van der Waals surface area contributed by atoms with Gasteiger partial charge in [-0.05, 0) is 19.3 Å². The molecule has 0 spiro atoms. The number of aliphatic hydroxyl groups excluding tert-OH is 1. The van der Waals surface area contributed by atoms with Crippen LogP contribution in [0.4, 0.5) is 0 Å². The summed E-state index contributed by atoms with van der Waals surface area (Å²) in [7, 11) is 5.81. The summed E-state index contributed by atoms with van der Waals surface area (Å²) in [6.45, 7) is 2.60. The van der Waals surface area contributed by atoms with Gasteiger partial charge in [0.15, 0.2) is 0 Å². The van der Waals surface area contributed by atoms with Crippen LogP contribution in [-0.2, 0) is 4.79 Å². The molecular weight excluding hydrogens is 330 g/mol. The number of unbranched alkanes of at least 4 members (excludes halogenated alkanes) is 8. The Bertz CT molecular complexity index is 368. The van der Waals surface area contributed by atoms with Gasteiger partial charge in [0.25, 0.3) is 0 Å². The van der Waals surface area contributed by atoms with Crippen LogP contribution in [0.2, 0.25) is 0 Å². The van der Waals surface area contributed by atoms with E-state index >= 15 is 0 Å². The van der Waals surface area contributed by atoms with Crippen molar-refractivity contribution in [3.05, 3.63) is 0 Å². The number of hydrogen-bond donors (Lipinski definition) is 3. The predicted molar refractivity (Wildman–Crippen MR) is 107 cm³/mol. The first-order valence-electron chi connectivity index (χ1n) is 10.5. The fraction of sp³-hybridized carbons (Fsp3) is 0.952. The minimum atomic E-state index is -1.26. The first kappa shape index (κ1) is 25.4. The van der Waals surface area contributed by atoms with Crippen molar-refractivity contribution in [1.29, 1.82) is 0 Å². The number of likely N-dealkylation sites (N-methyl/N-ethyl adjacent to an activating group) is 1. The molecule has 0 fully saturated rings. The number of hydrogen-bond acceptors (Lipinski definition) is 3. The van der Waals surface area contributed by atoms with E-state index in [4.69, 9.17) is 5.11 Å². The highest BCUT2D eigenvalue weighted by Crippen LogP contribution is 2.23. The smallest absolute Gasteiger partial charge is 0.306 e. The molecule has 0 aromatic heterocycles. The Balaban J connectivity index is 3.95. The van der Waals surface area contributed by atoms with Gasteiger partial charge < -0.3 is 19.8 Å². The van der Waals surface area contributed by atoms with Crippen LogP contribution < -0.4 is 0 Å². The number of carboxylic acids is 1. The van der Waals surface area contributed by atoms with E-state index in [0.29, 0.717) is 23.9 Å². The van der Waals surface area contributed by atoms with Crippen molar-refractivity contribution in [3.63, 3.8) is 0 Å². The molecule has 0 aliphatic heterocycles. The van der Waals surface area contributed by atoms with Crippen LogP contribution in [-0.4, -0.2) is 65.2 Å². The van der Waals surface area contributed by atoms with Gasteiger partial charge in [-0.3, -0.25) is 4.79 Å². The maximum atomic E-state index is 11.1. The molecule has 0 saturated carbocycles. The number of carboxylic acid groups (broad SMARTS) is 1. The molecule has 0 bridgehead atoms. The topological polar surface area (TPSA) is 77.8 Å². The van der Waals surface area contributed by atoms with E-state index in [9.17, 15) is 15.0 Å². The van der Waals surface area contributed by atoms with Gasteiger partial charge in [-0.1, -0.05) is 64.7 Å². The third-order valence-corrected chi connectivity index (χ3v) is 4.83. The van der Waals surface area contributed by atoms with Crippen molar-refractivity contribution < 1.29 is 24.6 Å². The third kappa shape index (κ3) is 15.6. The lowest BCUT2D eigenvalue weighted by Gasteiger charge is -2.35. The normalized spacial score (nSPS) is 15.6. The van der Waals surface area contributed by atoms with Crippen molar-refractivity contribution in [1.82, 2.24) is 0 Å². The number of carbonyl (C=O) groups is 1. The first-order valence-corrected chi connectivity index (χ1v) is 10.5. The van der Waals surface area contributed by atoms with E-state index in [1.807, 2.05) is 21.1 Å². The molecule has 0 amide bonds. The van der Waals surface area contributed by atoms with E-state index < -0.39 is 17.7 Å². The summed E-state index contributed by atoms with van der Waals surface area (Å²) in [5.41, 5.74) is -1.26. The number of rotatable bonds is 17. The Hall–Kier alpha value is -0.650. The van der Waals surface area contributed by atoms with Crippen LogP contribution in [0.15, 0.2) is 0 Å². The molecule has 156 valence electrons. The quantitative estimate of drug-likeness (QED) is 0.266. The molecule has 0 heterocycles. The minimum Gasteiger partial charge on any atom is -0.481 e. The Labute approximate surface area is 161 Å². The lowest BCUT2D eigenvalue weighted by atomic mass is 9.90. The molecule has 2 atom stereocenters. The number of quaternary nitrogens is 1. The van der Waals surface area contributed by atoms with Gasteiger partial charge in [0.1, 0.15) is 12.1 Å². The van der Waals surface area contributed by atoms with Gasteiger partial charge >= 0.3 is 5.97 Å². The summed E-state index contributed by atoms with van der Waals surface area (Å²) in [6, 6.07) is 0. The van der Waals surface area contributed by atoms with E-state index in [1.54, 1.807) is 0 Å². The molecule has 0 aromatic rings. The van der Waals surface area contributed by atoms with Crippen LogP contribution in [0.5, 0.6) is 0 Å². The molecule has 3 N–H and O–H groups in total. The van der Waals surface area contributed by atoms with E-state index in [1.165, 1.54) is 44.9 Å². The fourth-order valence-corrected chi connectivity index (χ4v) is 3.66. The first-order chi connectivity index (χ1) is 12.1. The van der Waals surface area contributed by atoms with Gasteiger partial charge in [0, 0.05) is 0 Å². The molecule has 5 nitrogen and oxygen atoms in total.